The summed E-state index contributed by atoms with van der Waals surface area (Å²) in [5, 5.41) is 4.41. The van der Waals surface area contributed by atoms with E-state index in [0.29, 0.717) is 5.92 Å². The molecule has 1 fully saturated rings. The minimum atomic E-state index is 0.605. The van der Waals surface area contributed by atoms with E-state index in [1.165, 1.54) is 5.56 Å². The second-order valence-electron chi connectivity index (χ2n) is 6.52. The SMILES string of the molecule is CCn1cc(C2CCN(c3cnc(-c4ccccc4)cn3)CC2)cn1. The summed E-state index contributed by atoms with van der Waals surface area (Å²) in [6.07, 6.45) is 10.3. The molecule has 0 atom stereocenters. The number of anilines is 1. The molecule has 0 bridgehead atoms. The van der Waals surface area contributed by atoms with Crippen molar-refractivity contribution < 1.29 is 0 Å². The predicted octanol–water partition coefficient (Wildman–Crippen LogP) is 3.74. The molecule has 4 rings (SSSR count). The van der Waals surface area contributed by atoms with Crippen LogP contribution < -0.4 is 4.90 Å². The van der Waals surface area contributed by atoms with Crippen LogP contribution in [0.25, 0.3) is 11.3 Å². The van der Waals surface area contributed by atoms with Crippen LogP contribution in [0.1, 0.15) is 31.2 Å². The molecule has 0 spiro atoms. The van der Waals surface area contributed by atoms with Gasteiger partial charge in [0, 0.05) is 31.4 Å². The van der Waals surface area contributed by atoms with E-state index >= 15 is 0 Å². The minimum absolute atomic E-state index is 0.605. The van der Waals surface area contributed by atoms with Crippen molar-refractivity contribution in [2.75, 3.05) is 18.0 Å². The highest BCUT2D eigenvalue weighted by atomic mass is 15.3. The van der Waals surface area contributed by atoms with Crippen molar-refractivity contribution in [2.24, 2.45) is 0 Å². The van der Waals surface area contributed by atoms with Gasteiger partial charge in [-0.3, -0.25) is 9.67 Å². The van der Waals surface area contributed by atoms with Crippen LogP contribution in [0.3, 0.4) is 0 Å². The van der Waals surface area contributed by atoms with Crippen LogP contribution in [-0.4, -0.2) is 32.8 Å². The van der Waals surface area contributed by atoms with E-state index in [2.05, 4.69) is 45.2 Å². The molecule has 25 heavy (non-hydrogen) atoms. The van der Waals surface area contributed by atoms with Crippen LogP contribution in [-0.2, 0) is 6.54 Å². The Balaban J connectivity index is 1.40. The second-order valence-corrected chi connectivity index (χ2v) is 6.52. The Labute approximate surface area is 148 Å². The van der Waals surface area contributed by atoms with Crippen molar-refractivity contribution in [2.45, 2.75) is 32.2 Å². The number of aromatic nitrogens is 4. The molecule has 1 aliphatic rings. The fourth-order valence-electron chi connectivity index (χ4n) is 3.45. The number of piperidine rings is 1. The van der Waals surface area contributed by atoms with Gasteiger partial charge in [0.1, 0.15) is 5.82 Å². The maximum absolute atomic E-state index is 4.64. The highest BCUT2D eigenvalue weighted by molar-refractivity contribution is 5.58. The first kappa shape index (κ1) is 15.8. The van der Waals surface area contributed by atoms with Gasteiger partial charge in [0.25, 0.3) is 0 Å². The number of rotatable bonds is 4. The van der Waals surface area contributed by atoms with Crippen LogP contribution in [0, 0.1) is 0 Å². The third-order valence-electron chi connectivity index (χ3n) is 4.98. The van der Waals surface area contributed by atoms with Crippen molar-refractivity contribution in [1.29, 1.82) is 0 Å². The van der Waals surface area contributed by atoms with Crippen LogP contribution in [0.4, 0.5) is 5.82 Å². The fourth-order valence-corrected chi connectivity index (χ4v) is 3.45. The Hall–Kier alpha value is -2.69. The molecule has 0 saturated carbocycles. The summed E-state index contributed by atoms with van der Waals surface area (Å²) in [5.74, 6) is 1.58. The second kappa shape index (κ2) is 7.05. The molecule has 3 heterocycles. The number of hydrogen-bond donors (Lipinski definition) is 0. The Morgan fingerprint density at radius 2 is 1.80 bits per heavy atom. The number of nitrogens with zero attached hydrogens (tertiary/aromatic N) is 5. The van der Waals surface area contributed by atoms with Crippen LogP contribution in [0.15, 0.2) is 55.1 Å². The third-order valence-corrected chi connectivity index (χ3v) is 4.98. The third kappa shape index (κ3) is 3.40. The average Bonchev–Trinajstić information content (AvgIpc) is 3.18. The van der Waals surface area contributed by atoms with E-state index in [9.17, 15) is 0 Å². The molecule has 0 unspecified atom stereocenters. The van der Waals surface area contributed by atoms with Crippen molar-refractivity contribution >= 4 is 5.82 Å². The lowest BCUT2D eigenvalue weighted by atomic mass is 9.91. The maximum Gasteiger partial charge on any atom is 0.147 e. The summed E-state index contributed by atoms with van der Waals surface area (Å²) < 4.78 is 2.01. The highest BCUT2D eigenvalue weighted by Crippen LogP contribution is 2.29. The first-order valence-corrected chi connectivity index (χ1v) is 8.98. The van der Waals surface area contributed by atoms with E-state index in [-0.39, 0.29) is 0 Å². The maximum atomic E-state index is 4.64. The van der Waals surface area contributed by atoms with Gasteiger partial charge in [-0.05, 0) is 31.2 Å². The zero-order chi connectivity index (χ0) is 17.1. The summed E-state index contributed by atoms with van der Waals surface area (Å²) in [5.41, 5.74) is 3.39. The topological polar surface area (TPSA) is 46.8 Å². The summed E-state index contributed by atoms with van der Waals surface area (Å²) in [6, 6.07) is 10.2. The summed E-state index contributed by atoms with van der Waals surface area (Å²) >= 11 is 0. The number of aryl methyl sites for hydroxylation is 1. The Bertz CT molecular complexity index is 802. The molecule has 0 amide bonds. The van der Waals surface area contributed by atoms with Crippen LogP contribution >= 0.6 is 0 Å². The lowest BCUT2D eigenvalue weighted by Gasteiger charge is -2.32. The average molecular weight is 333 g/mol. The molecule has 0 radical (unpaired) electrons. The van der Waals surface area contributed by atoms with Gasteiger partial charge in [0.2, 0.25) is 0 Å². The molecule has 5 heteroatoms. The number of benzene rings is 1. The minimum Gasteiger partial charge on any atom is -0.355 e. The molecule has 3 aromatic rings. The van der Waals surface area contributed by atoms with Crippen LogP contribution in [0.5, 0.6) is 0 Å². The first-order valence-electron chi connectivity index (χ1n) is 8.98. The fraction of sp³-hybridized carbons (Fsp3) is 0.350. The monoisotopic (exact) mass is 333 g/mol. The zero-order valence-corrected chi connectivity index (χ0v) is 14.5. The zero-order valence-electron chi connectivity index (χ0n) is 14.5. The van der Waals surface area contributed by atoms with Gasteiger partial charge in [-0.15, -0.1) is 0 Å². The lowest BCUT2D eigenvalue weighted by molar-refractivity contribution is 0.501. The molecule has 1 saturated heterocycles. The summed E-state index contributed by atoms with van der Waals surface area (Å²) in [6.45, 7) is 5.09. The van der Waals surface area contributed by atoms with Gasteiger partial charge in [-0.25, -0.2) is 4.98 Å². The quantitative estimate of drug-likeness (QED) is 0.729. The van der Waals surface area contributed by atoms with Crippen LogP contribution in [0.2, 0.25) is 0 Å². The normalized spacial score (nSPS) is 15.5. The van der Waals surface area contributed by atoms with Crippen molar-refractivity contribution in [3.63, 3.8) is 0 Å². The Morgan fingerprint density at radius 3 is 2.44 bits per heavy atom. The van der Waals surface area contributed by atoms with E-state index < -0.39 is 0 Å². The van der Waals surface area contributed by atoms with Gasteiger partial charge < -0.3 is 4.90 Å². The number of hydrogen-bond acceptors (Lipinski definition) is 4. The Morgan fingerprint density at radius 1 is 1.00 bits per heavy atom. The predicted molar refractivity (Wildman–Crippen MR) is 99.6 cm³/mol. The molecule has 0 N–H and O–H groups in total. The van der Waals surface area contributed by atoms with Crippen molar-refractivity contribution in [1.82, 2.24) is 19.7 Å². The summed E-state index contributed by atoms with van der Waals surface area (Å²) in [4.78, 5) is 11.6. The van der Waals surface area contributed by atoms with E-state index in [0.717, 1.165) is 49.6 Å². The molecular formula is C20H23N5. The Kier molecular flexibility index (Phi) is 4.46. The van der Waals surface area contributed by atoms with Crippen molar-refractivity contribution in [3.8, 4) is 11.3 Å². The highest BCUT2D eigenvalue weighted by Gasteiger charge is 2.22. The molecule has 2 aromatic heterocycles. The van der Waals surface area contributed by atoms with Gasteiger partial charge in [0.15, 0.2) is 0 Å². The van der Waals surface area contributed by atoms with Gasteiger partial charge in [-0.1, -0.05) is 30.3 Å². The molecule has 1 aliphatic heterocycles. The smallest absolute Gasteiger partial charge is 0.147 e. The lowest BCUT2D eigenvalue weighted by Crippen LogP contribution is -2.33. The molecule has 0 aliphatic carbocycles. The molecule has 5 nitrogen and oxygen atoms in total. The van der Waals surface area contributed by atoms with Gasteiger partial charge in [0.05, 0.1) is 24.3 Å². The standard InChI is InChI=1S/C20H23N5/c1-2-25-15-18(12-23-25)16-8-10-24(11-9-16)20-14-21-19(13-22-20)17-6-4-3-5-7-17/h3-7,12-16H,2,8-11H2,1H3. The largest absolute Gasteiger partial charge is 0.355 e. The first-order chi connectivity index (χ1) is 12.3. The molecule has 1 aromatic carbocycles. The van der Waals surface area contributed by atoms with Gasteiger partial charge >= 0.3 is 0 Å². The van der Waals surface area contributed by atoms with Gasteiger partial charge in [-0.2, -0.15) is 5.10 Å². The summed E-state index contributed by atoms with van der Waals surface area (Å²) in [7, 11) is 0. The molecular weight excluding hydrogens is 310 g/mol. The van der Waals surface area contributed by atoms with Crippen molar-refractivity contribution in [3.05, 3.63) is 60.7 Å². The van der Waals surface area contributed by atoms with E-state index in [1.807, 2.05) is 41.5 Å². The molecule has 128 valence electrons. The van der Waals surface area contributed by atoms with E-state index in [4.69, 9.17) is 0 Å². The van der Waals surface area contributed by atoms with E-state index in [1.54, 1.807) is 0 Å².